The molecule has 1 aliphatic rings. The van der Waals surface area contributed by atoms with Gasteiger partial charge in [-0.15, -0.1) is 11.3 Å². The number of rotatable bonds is 6. The van der Waals surface area contributed by atoms with Crippen LogP contribution in [0.15, 0.2) is 182 Å². The first-order valence-electron chi connectivity index (χ1n) is 20.9. The molecule has 2 aromatic heterocycles. The summed E-state index contributed by atoms with van der Waals surface area (Å²) < 4.78 is 5.15. The molecular formula is C56H46N2S. The lowest BCUT2D eigenvalue weighted by atomic mass is 9.63. The maximum absolute atomic E-state index is 2.50. The van der Waals surface area contributed by atoms with Gasteiger partial charge in [0.2, 0.25) is 0 Å². The fraction of sp³-hybridized carbons (Fsp3) is 0.143. The second kappa shape index (κ2) is 13.6. The number of aromatic nitrogens is 1. The Bertz CT molecular complexity index is 3220. The van der Waals surface area contributed by atoms with Gasteiger partial charge < -0.3 is 9.47 Å². The first-order chi connectivity index (χ1) is 28.7. The maximum atomic E-state index is 2.50. The second-order valence-electron chi connectivity index (χ2n) is 17.6. The Hall–Kier alpha value is -6.42. The summed E-state index contributed by atoms with van der Waals surface area (Å²) in [6.45, 7) is 9.66. The molecule has 10 aromatic rings. The molecule has 0 radical (unpaired) electrons. The summed E-state index contributed by atoms with van der Waals surface area (Å²) in [6, 6.07) is 67.6. The van der Waals surface area contributed by atoms with E-state index in [2.05, 4.69) is 219 Å². The first-order valence-corrected chi connectivity index (χ1v) is 21.7. The van der Waals surface area contributed by atoms with Gasteiger partial charge in [-0.3, -0.25) is 0 Å². The van der Waals surface area contributed by atoms with Crippen molar-refractivity contribution in [3.05, 3.63) is 193 Å². The Morgan fingerprint density at radius 3 is 1.92 bits per heavy atom. The van der Waals surface area contributed by atoms with Crippen molar-refractivity contribution in [1.29, 1.82) is 0 Å². The molecule has 2 nitrogen and oxygen atoms in total. The third-order valence-electron chi connectivity index (χ3n) is 13.1. The predicted molar refractivity (Wildman–Crippen MR) is 255 cm³/mol. The number of hydrogen-bond donors (Lipinski definition) is 0. The quantitative estimate of drug-likeness (QED) is 0.163. The van der Waals surface area contributed by atoms with Gasteiger partial charge in [0, 0.05) is 53.6 Å². The summed E-state index contributed by atoms with van der Waals surface area (Å²) in [7, 11) is 0. The van der Waals surface area contributed by atoms with E-state index < -0.39 is 0 Å². The van der Waals surface area contributed by atoms with Crippen LogP contribution in [0.5, 0.6) is 0 Å². The number of hydrogen-bond acceptors (Lipinski definition) is 2. The molecule has 286 valence electrons. The average molecular weight is 779 g/mol. The van der Waals surface area contributed by atoms with Crippen molar-refractivity contribution < 1.29 is 0 Å². The third kappa shape index (κ3) is 5.82. The van der Waals surface area contributed by atoms with Crippen LogP contribution < -0.4 is 4.90 Å². The molecule has 1 aliphatic carbocycles. The second-order valence-corrected chi connectivity index (χ2v) is 18.7. The molecule has 11 rings (SSSR count). The zero-order chi connectivity index (χ0) is 39.9. The topological polar surface area (TPSA) is 8.17 Å². The molecule has 59 heavy (non-hydrogen) atoms. The van der Waals surface area contributed by atoms with E-state index in [4.69, 9.17) is 0 Å². The number of benzene rings is 8. The number of thiophene rings is 1. The van der Waals surface area contributed by atoms with Crippen LogP contribution in [0.3, 0.4) is 0 Å². The predicted octanol–water partition coefficient (Wildman–Crippen LogP) is 16.3. The highest BCUT2D eigenvalue weighted by Gasteiger charge is 2.37. The molecule has 0 N–H and O–H groups in total. The lowest BCUT2D eigenvalue weighted by Gasteiger charge is -2.42. The molecular weight excluding hydrogens is 733 g/mol. The highest BCUT2D eigenvalue weighted by Crippen LogP contribution is 2.48. The summed E-state index contributed by atoms with van der Waals surface area (Å²) in [5.41, 5.74) is 15.1. The molecule has 0 saturated heterocycles. The van der Waals surface area contributed by atoms with Gasteiger partial charge in [-0.1, -0.05) is 149 Å². The first kappa shape index (κ1) is 35.7. The molecule has 0 bridgehead atoms. The van der Waals surface area contributed by atoms with E-state index in [0.29, 0.717) is 0 Å². The fourth-order valence-electron chi connectivity index (χ4n) is 9.85. The van der Waals surface area contributed by atoms with E-state index in [9.17, 15) is 0 Å². The van der Waals surface area contributed by atoms with Crippen LogP contribution in [-0.2, 0) is 10.8 Å². The van der Waals surface area contributed by atoms with E-state index in [-0.39, 0.29) is 10.8 Å². The molecule has 3 heteroatoms. The van der Waals surface area contributed by atoms with Crippen molar-refractivity contribution in [3.8, 4) is 27.9 Å². The fourth-order valence-corrected chi connectivity index (χ4v) is 11.0. The summed E-state index contributed by atoms with van der Waals surface area (Å²) in [5.74, 6) is 0. The number of para-hydroxylation sites is 2. The zero-order valence-corrected chi connectivity index (χ0v) is 34.9. The largest absolute Gasteiger partial charge is 0.310 e. The molecule has 0 aliphatic heterocycles. The summed E-state index contributed by atoms with van der Waals surface area (Å²) in [6.07, 6.45) is 2.38. The Labute approximate surface area is 350 Å². The van der Waals surface area contributed by atoms with Gasteiger partial charge in [-0.2, -0.15) is 0 Å². The van der Waals surface area contributed by atoms with Gasteiger partial charge in [0.25, 0.3) is 0 Å². The van der Waals surface area contributed by atoms with Crippen molar-refractivity contribution in [1.82, 2.24) is 4.57 Å². The van der Waals surface area contributed by atoms with E-state index in [1.165, 1.54) is 93.9 Å². The number of anilines is 3. The molecule has 0 amide bonds. The van der Waals surface area contributed by atoms with Gasteiger partial charge >= 0.3 is 0 Å². The highest BCUT2D eigenvalue weighted by atomic mass is 32.1. The minimum Gasteiger partial charge on any atom is -0.310 e. The lowest BCUT2D eigenvalue weighted by Crippen LogP contribution is -2.33. The molecule has 0 saturated carbocycles. The van der Waals surface area contributed by atoms with E-state index in [1.54, 1.807) is 0 Å². The molecule has 0 atom stereocenters. The van der Waals surface area contributed by atoms with Crippen molar-refractivity contribution >= 4 is 70.4 Å². The van der Waals surface area contributed by atoms with Crippen molar-refractivity contribution in [3.63, 3.8) is 0 Å². The van der Waals surface area contributed by atoms with Crippen LogP contribution in [0.2, 0.25) is 0 Å². The molecule has 0 fully saturated rings. The maximum Gasteiger partial charge on any atom is 0.0561 e. The Morgan fingerprint density at radius 2 is 1.08 bits per heavy atom. The van der Waals surface area contributed by atoms with Crippen LogP contribution in [-0.4, -0.2) is 4.57 Å². The van der Waals surface area contributed by atoms with Crippen molar-refractivity contribution in [2.45, 2.75) is 51.4 Å². The van der Waals surface area contributed by atoms with Gasteiger partial charge in [0.15, 0.2) is 0 Å². The van der Waals surface area contributed by atoms with Gasteiger partial charge in [0.05, 0.1) is 16.7 Å². The minimum absolute atomic E-state index is 0.108. The molecule has 0 spiro atoms. The van der Waals surface area contributed by atoms with Crippen molar-refractivity contribution in [2.24, 2.45) is 0 Å². The smallest absolute Gasteiger partial charge is 0.0561 e. The average Bonchev–Trinajstić information content (AvgIpc) is 3.82. The van der Waals surface area contributed by atoms with E-state index >= 15 is 0 Å². The Kier molecular flexibility index (Phi) is 8.22. The Morgan fingerprint density at radius 1 is 0.458 bits per heavy atom. The highest BCUT2D eigenvalue weighted by molar-refractivity contribution is 7.25. The minimum atomic E-state index is 0.108. The van der Waals surface area contributed by atoms with E-state index in [1.807, 2.05) is 11.3 Å². The number of fused-ring (bicyclic) bond motifs is 7. The van der Waals surface area contributed by atoms with Crippen LogP contribution in [0.1, 0.15) is 51.7 Å². The van der Waals surface area contributed by atoms with Crippen LogP contribution in [0, 0.1) is 0 Å². The summed E-state index contributed by atoms with van der Waals surface area (Å²) >= 11 is 1.87. The van der Waals surface area contributed by atoms with Crippen LogP contribution in [0.25, 0.3) is 69.9 Å². The standard InChI is InChI=1S/C56H46N2S/c1-55(2)33-34-56(3,4)48-35-40(30-32-47(48)55)58-50-22-12-9-18-44(50)45-31-29-41(36-51(45)58)57(49-21-11-8-17-42(49)37-15-6-5-7-16-37)39-27-25-38(26-28-39)43-20-14-24-53-54(43)46-19-10-13-23-52(46)59-53/h5-32,35-36H,33-34H2,1-4H3. The molecule has 2 heterocycles. The van der Waals surface area contributed by atoms with Gasteiger partial charge in [-0.05, 0) is 112 Å². The summed E-state index contributed by atoms with van der Waals surface area (Å²) in [5, 5.41) is 5.17. The van der Waals surface area contributed by atoms with Gasteiger partial charge in [-0.25, -0.2) is 0 Å². The number of nitrogens with zero attached hydrogens (tertiary/aromatic N) is 2. The molecule has 0 unspecified atom stereocenters. The third-order valence-corrected chi connectivity index (χ3v) is 14.2. The normalized spacial score (nSPS) is 14.6. The SMILES string of the molecule is CC1(C)CCC(C)(C)c2cc(-n3c4ccccc4c4ccc(N(c5ccc(-c6cccc7sc8ccccc8c67)cc5)c5ccccc5-c5ccccc5)cc43)ccc21. The Balaban J connectivity index is 1.12. The van der Waals surface area contributed by atoms with Gasteiger partial charge in [0.1, 0.15) is 0 Å². The summed E-state index contributed by atoms with van der Waals surface area (Å²) in [4.78, 5) is 2.45. The van der Waals surface area contributed by atoms with Crippen LogP contribution >= 0.6 is 11.3 Å². The molecule has 8 aromatic carbocycles. The monoisotopic (exact) mass is 778 g/mol. The lowest BCUT2D eigenvalue weighted by molar-refractivity contribution is 0.332. The zero-order valence-electron chi connectivity index (χ0n) is 34.0. The van der Waals surface area contributed by atoms with Crippen LogP contribution in [0.4, 0.5) is 17.1 Å². The van der Waals surface area contributed by atoms with Crippen molar-refractivity contribution in [2.75, 3.05) is 4.90 Å². The van der Waals surface area contributed by atoms with E-state index in [0.717, 1.165) is 17.1 Å².